The minimum atomic E-state index is -3.77. The molecule has 0 saturated heterocycles. The summed E-state index contributed by atoms with van der Waals surface area (Å²) in [6.45, 7) is 3.50. The SMILES string of the molecule is Cc1cc(Cl)c(S(=O)(=O)NC(C)c2cccnc2)cc1N. The summed E-state index contributed by atoms with van der Waals surface area (Å²) in [6.07, 6.45) is 3.24. The van der Waals surface area contributed by atoms with Gasteiger partial charge in [-0.1, -0.05) is 17.7 Å². The second-order valence-corrected chi connectivity index (χ2v) is 6.86. The quantitative estimate of drug-likeness (QED) is 0.846. The summed E-state index contributed by atoms with van der Waals surface area (Å²) in [5.41, 5.74) is 7.65. The Kier molecular flexibility index (Phi) is 4.51. The third-order valence-electron chi connectivity index (χ3n) is 3.13. The Morgan fingerprint density at radius 1 is 1.38 bits per heavy atom. The van der Waals surface area contributed by atoms with Crippen LogP contribution >= 0.6 is 11.6 Å². The number of rotatable bonds is 4. The van der Waals surface area contributed by atoms with Crippen LogP contribution in [-0.4, -0.2) is 13.4 Å². The van der Waals surface area contributed by atoms with Gasteiger partial charge in [-0.2, -0.15) is 0 Å². The van der Waals surface area contributed by atoms with E-state index in [-0.39, 0.29) is 9.92 Å². The fourth-order valence-corrected chi connectivity index (χ4v) is 3.72. The van der Waals surface area contributed by atoms with Gasteiger partial charge in [0.15, 0.2) is 0 Å². The topological polar surface area (TPSA) is 85.1 Å². The Morgan fingerprint density at radius 2 is 2.10 bits per heavy atom. The van der Waals surface area contributed by atoms with Gasteiger partial charge in [-0.05, 0) is 43.2 Å². The van der Waals surface area contributed by atoms with Crippen LogP contribution in [0.25, 0.3) is 0 Å². The van der Waals surface area contributed by atoms with E-state index in [2.05, 4.69) is 9.71 Å². The van der Waals surface area contributed by atoms with Gasteiger partial charge in [0.25, 0.3) is 0 Å². The molecule has 1 aromatic carbocycles. The molecule has 1 aromatic heterocycles. The first-order valence-electron chi connectivity index (χ1n) is 6.29. The number of nitrogen functional groups attached to an aromatic ring is 1. The molecule has 0 saturated carbocycles. The minimum absolute atomic E-state index is 0.0250. The number of nitrogens with zero attached hydrogens (tertiary/aromatic N) is 1. The molecule has 2 aromatic rings. The van der Waals surface area contributed by atoms with Crippen LogP contribution in [0.15, 0.2) is 41.6 Å². The molecule has 0 fully saturated rings. The maximum atomic E-state index is 12.4. The van der Waals surface area contributed by atoms with Crippen molar-refractivity contribution in [2.45, 2.75) is 24.8 Å². The van der Waals surface area contributed by atoms with Crippen LogP contribution in [0.4, 0.5) is 5.69 Å². The lowest BCUT2D eigenvalue weighted by Gasteiger charge is -2.16. The van der Waals surface area contributed by atoms with Crippen LogP contribution in [0.5, 0.6) is 0 Å². The smallest absolute Gasteiger partial charge is 0.242 e. The molecule has 7 heteroatoms. The Morgan fingerprint density at radius 3 is 2.71 bits per heavy atom. The zero-order chi connectivity index (χ0) is 15.6. The van der Waals surface area contributed by atoms with Crippen molar-refractivity contribution in [1.29, 1.82) is 0 Å². The molecular formula is C14H16ClN3O2S. The molecule has 2 rings (SSSR count). The maximum Gasteiger partial charge on any atom is 0.242 e. The van der Waals surface area contributed by atoms with E-state index in [0.717, 1.165) is 11.1 Å². The molecular weight excluding hydrogens is 310 g/mol. The number of sulfonamides is 1. The van der Waals surface area contributed by atoms with Crippen LogP contribution in [0.3, 0.4) is 0 Å². The van der Waals surface area contributed by atoms with E-state index < -0.39 is 16.1 Å². The van der Waals surface area contributed by atoms with Crippen molar-refractivity contribution in [2.24, 2.45) is 0 Å². The number of nitrogens with two attached hydrogens (primary N) is 1. The van der Waals surface area contributed by atoms with Crippen molar-refractivity contribution in [3.8, 4) is 0 Å². The van der Waals surface area contributed by atoms with Crippen molar-refractivity contribution >= 4 is 27.3 Å². The number of hydrogen-bond acceptors (Lipinski definition) is 4. The van der Waals surface area contributed by atoms with Crippen molar-refractivity contribution in [1.82, 2.24) is 9.71 Å². The molecule has 21 heavy (non-hydrogen) atoms. The van der Waals surface area contributed by atoms with Gasteiger partial charge in [0.2, 0.25) is 10.0 Å². The van der Waals surface area contributed by atoms with Crippen molar-refractivity contribution in [2.75, 3.05) is 5.73 Å². The summed E-state index contributed by atoms with van der Waals surface area (Å²) in [6, 6.07) is 6.03. The van der Waals surface area contributed by atoms with E-state index in [9.17, 15) is 8.42 Å². The van der Waals surface area contributed by atoms with Gasteiger partial charge in [0, 0.05) is 24.1 Å². The zero-order valence-corrected chi connectivity index (χ0v) is 13.2. The summed E-state index contributed by atoms with van der Waals surface area (Å²) < 4.78 is 27.4. The highest BCUT2D eigenvalue weighted by Crippen LogP contribution is 2.27. The molecule has 0 aliphatic heterocycles. The summed E-state index contributed by atoms with van der Waals surface area (Å²) >= 11 is 6.03. The van der Waals surface area contributed by atoms with Crippen LogP contribution in [0, 0.1) is 6.92 Å². The van der Waals surface area contributed by atoms with Crippen molar-refractivity contribution in [3.63, 3.8) is 0 Å². The average molecular weight is 326 g/mol. The molecule has 1 atom stereocenters. The van der Waals surface area contributed by atoms with Gasteiger partial charge in [-0.3, -0.25) is 4.98 Å². The van der Waals surface area contributed by atoms with Gasteiger partial charge in [-0.15, -0.1) is 0 Å². The monoisotopic (exact) mass is 325 g/mol. The first-order valence-corrected chi connectivity index (χ1v) is 8.15. The second kappa shape index (κ2) is 6.01. The van der Waals surface area contributed by atoms with E-state index in [1.165, 1.54) is 6.07 Å². The lowest BCUT2D eigenvalue weighted by atomic mass is 10.2. The fraction of sp³-hybridized carbons (Fsp3) is 0.214. The largest absolute Gasteiger partial charge is 0.398 e. The van der Waals surface area contributed by atoms with Crippen LogP contribution in [0.1, 0.15) is 24.1 Å². The predicted molar refractivity (Wildman–Crippen MR) is 83.6 cm³/mol. The number of pyridine rings is 1. The van der Waals surface area contributed by atoms with E-state index in [1.54, 1.807) is 44.4 Å². The van der Waals surface area contributed by atoms with Gasteiger partial charge >= 0.3 is 0 Å². The Labute approximate surface area is 129 Å². The average Bonchev–Trinajstić information content (AvgIpc) is 2.43. The molecule has 3 N–H and O–H groups in total. The normalized spacial score (nSPS) is 13.1. The third kappa shape index (κ3) is 3.53. The molecule has 0 aliphatic rings. The van der Waals surface area contributed by atoms with Gasteiger partial charge in [0.1, 0.15) is 4.90 Å². The molecule has 5 nitrogen and oxygen atoms in total. The molecule has 0 aliphatic carbocycles. The molecule has 0 spiro atoms. The van der Waals surface area contributed by atoms with E-state index >= 15 is 0 Å². The summed E-state index contributed by atoms with van der Waals surface area (Å²) in [5, 5.41) is 0.146. The van der Waals surface area contributed by atoms with Crippen molar-refractivity contribution < 1.29 is 8.42 Å². The molecule has 0 radical (unpaired) electrons. The molecule has 0 amide bonds. The number of anilines is 1. The number of aryl methyl sites for hydroxylation is 1. The van der Waals surface area contributed by atoms with E-state index in [4.69, 9.17) is 17.3 Å². The van der Waals surface area contributed by atoms with Crippen LogP contribution in [0.2, 0.25) is 5.02 Å². The maximum absolute atomic E-state index is 12.4. The lowest BCUT2D eigenvalue weighted by Crippen LogP contribution is -2.27. The Bertz CT molecular complexity index is 748. The number of hydrogen-bond donors (Lipinski definition) is 2. The standard InChI is InChI=1S/C14H16ClN3O2S/c1-9-6-12(15)14(7-13(9)16)21(19,20)18-10(2)11-4-3-5-17-8-11/h3-8,10,18H,16H2,1-2H3. The summed E-state index contributed by atoms with van der Waals surface area (Å²) in [5.74, 6) is 0. The first kappa shape index (κ1) is 15.8. The van der Waals surface area contributed by atoms with Crippen LogP contribution < -0.4 is 10.5 Å². The summed E-state index contributed by atoms with van der Waals surface area (Å²) in [4.78, 5) is 3.95. The molecule has 1 heterocycles. The fourth-order valence-electron chi connectivity index (χ4n) is 1.87. The molecule has 112 valence electrons. The number of benzene rings is 1. The van der Waals surface area contributed by atoms with Crippen molar-refractivity contribution in [3.05, 3.63) is 52.8 Å². The van der Waals surface area contributed by atoms with E-state index in [1.807, 2.05) is 0 Å². The number of nitrogens with one attached hydrogen (secondary N) is 1. The Balaban J connectivity index is 2.33. The highest BCUT2D eigenvalue weighted by Gasteiger charge is 2.22. The third-order valence-corrected chi connectivity index (χ3v) is 5.13. The van der Waals surface area contributed by atoms with Gasteiger partial charge in [0.05, 0.1) is 5.02 Å². The second-order valence-electron chi connectivity index (χ2n) is 4.77. The number of aromatic nitrogens is 1. The Hall–Kier alpha value is -1.63. The number of halogens is 1. The minimum Gasteiger partial charge on any atom is -0.398 e. The highest BCUT2D eigenvalue weighted by molar-refractivity contribution is 7.89. The summed E-state index contributed by atoms with van der Waals surface area (Å²) in [7, 11) is -3.77. The molecule has 1 unspecified atom stereocenters. The van der Waals surface area contributed by atoms with Crippen LogP contribution in [-0.2, 0) is 10.0 Å². The lowest BCUT2D eigenvalue weighted by molar-refractivity contribution is 0.566. The zero-order valence-electron chi connectivity index (χ0n) is 11.7. The predicted octanol–water partition coefficient (Wildman–Crippen LogP) is 2.67. The first-order chi connectivity index (χ1) is 9.81. The van der Waals surface area contributed by atoms with Gasteiger partial charge in [-0.25, -0.2) is 13.1 Å². The van der Waals surface area contributed by atoms with Gasteiger partial charge < -0.3 is 5.73 Å². The molecule has 0 bridgehead atoms. The highest BCUT2D eigenvalue weighted by atomic mass is 35.5. The van der Waals surface area contributed by atoms with E-state index in [0.29, 0.717) is 5.69 Å².